The molecule has 2 heterocycles. The van der Waals surface area contributed by atoms with Gasteiger partial charge < -0.3 is 14.8 Å². The molecule has 1 saturated heterocycles. The number of carbonyl (C=O) groups excluding carboxylic acids is 2. The third-order valence-corrected chi connectivity index (χ3v) is 5.61. The Labute approximate surface area is 165 Å². The largest absolute Gasteiger partial charge is 0.355 e. The van der Waals surface area contributed by atoms with Gasteiger partial charge in [-0.2, -0.15) is 0 Å². The summed E-state index contributed by atoms with van der Waals surface area (Å²) in [5, 5.41) is 3.88. The first-order valence-electron chi connectivity index (χ1n) is 9.80. The molecule has 5 heteroatoms. The lowest BCUT2D eigenvalue weighted by molar-refractivity contribution is -0.131. The van der Waals surface area contributed by atoms with Crippen LogP contribution in [-0.2, 0) is 11.2 Å². The molecule has 2 amide bonds. The van der Waals surface area contributed by atoms with E-state index in [2.05, 4.69) is 46.4 Å². The Morgan fingerprint density at radius 2 is 1.82 bits per heavy atom. The third-order valence-electron chi connectivity index (χ3n) is 5.61. The monoisotopic (exact) mass is 375 g/mol. The highest BCUT2D eigenvalue weighted by Crippen LogP contribution is 2.28. The van der Waals surface area contributed by atoms with Gasteiger partial charge in [0, 0.05) is 43.5 Å². The van der Waals surface area contributed by atoms with E-state index in [-0.39, 0.29) is 11.8 Å². The number of carbonyl (C=O) groups is 2. The average molecular weight is 375 g/mol. The van der Waals surface area contributed by atoms with Crippen molar-refractivity contribution in [3.8, 4) is 0 Å². The number of hydrogen-bond acceptors (Lipinski definition) is 2. The highest BCUT2D eigenvalue weighted by molar-refractivity contribution is 5.94. The molecule has 4 rings (SSSR count). The van der Waals surface area contributed by atoms with Crippen molar-refractivity contribution in [2.75, 3.05) is 20.1 Å². The van der Waals surface area contributed by atoms with Gasteiger partial charge in [-0.1, -0.05) is 30.3 Å². The van der Waals surface area contributed by atoms with Gasteiger partial charge in [0.15, 0.2) is 0 Å². The first-order chi connectivity index (χ1) is 13.7. The normalized spacial score (nSPS) is 15.0. The highest BCUT2D eigenvalue weighted by Gasteiger charge is 2.24. The molecule has 5 nitrogen and oxygen atoms in total. The maximum absolute atomic E-state index is 12.7. The predicted octanol–water partition coefficient (Wildman–Crippen LogP) is 3.41. The molecule has 0 bridgehead atoms. The summed E-state index contributed by atoms with van der Waals surface area (Å²) in [5.74, 6) is -0.000988. The van der Waals surface area contributed by atoms with Crippen LogP contribution in [0.1, 0.15) is 34.8 Å². The van der Waals surface area contributed by atoms with Gasteiger partial charge in [0.05, 0.1) is 6.42 Å². The minimum atomic E-state index is -0.130. The molecule has 1 aliphatic heterocycles. The number of piperidine rings is 1. The minimum Gasteiger partial charge on any atom is -0.355 e. The number of para-hydroxylation sites is 1. The van der Waals surface area contributed by atoms with Gasteiger partial charge in [0.2, 0.25) is 5.91 Å². The maximum Gasteiger partial charge on any atom is 0.251 e. The smallest absolute Gasteiger partial charge is 0.251 e. The Balaban J connectivity index is 1.38. The van der Waals surface area contributed by atoms with Crippen molar-refractivity contribution < 1.29 is 9.59 Å². The number of fused-ring (bicyclic) bond motifs is 1. The first-order valence-corrected chi connectivity index (χ1v) is 9.80. The van der Waals surface area contributed by atoms with E-state index < -0.39 is 0 Å². The Morgan fingerprint density at radius 1 is 1.04 bits per heavy atom. The predicted molar refractivity (Wildman–Crippen MR) is 110 cm³/mol. The zero-order chi connectivity index (χ0) is 19.5. The Morgan fingerprint density at radius 3 is 2.61 bits per heavy atom. The van der Waals surface area contributed by atoms with Gasteiger partial charge in [0.1, 0.15) is 0 Å². The summed E-state index contributed by atoms with van der Waals surface area (Å²) in [4.78, 5) is 26.5. The number of amides is 2. The molecule has 0 spiro atoms. The second-order valence-corrected chi connectivity index (χ2v) is 7.35. The van der Waals surface area contributed by atoms with Crippen LogP contribution in [-0.4, -0.2) is 41.4 Å². The van der Waals surface area contributed by atoms with Crippen LogP contribution in [0.2, 0.25) is 0 Å². The zero-order valence-corrected chi connectivity index (χ0v) is 16.1. The number of aromatic nitrogens is 1. The van der Waals surface area contributed by atoms with Gasteiger partial charge in [0.25, 0.3) is 5.91 Å². The number of likely N-dealkylation sites (tertiary alicyclic amines) is 1. The van der Waals surface area contributed by atoms with Crippen molar-refractivity contribution in [1.29, 1.82) is 0 Å². The molecule has 2 aromatic carbocycles. The summed E-state index contributed by atoms with van der Waals surface area (Å²) < 4.78 is 2.35. The summed E-state index contributed by atoms with van der Waals surface area (Å²) in [6.07, 6.45) is 4.42. The fraction of sp³-hybridized carbons (Fsp3) is 0.304. The average Bonchev–Trinajstić information content (AvgIpc) is 3.17. The molecule has 1 N–H and O–H groups in total. The summed E-state index contributed by atoms with van der Waals surface area (Å²) >= 11 is 0. The lowest BCUT2D eigenvalue weighted by atomic mass is 10.0. The molecular weight excluding hydrogens is 350 g/mol. The van der Waals surface area contributed by atoms with E-state index in [0.717, 1.165) is 31.5 Å². The molecule has 3 aromatic rings. The quantitative estimate of drug-likeness (QED) is 0.760. The Bertz CT molecular complexity index is 1000. The summed E-state index contributed by atoms with van der Waals surface area (Å²) in [5.41, 5.74) is 2.73. The number of hydrogen-bond donors (Lipinski definition) is 1. The minimum absolute atomic E-state index is 0.130. The lowest BCUT2D eigenvalue weighted by Gasteiger charge is -2.33. The standard InChI is InChI=1S/C23H25N3O2/c1-24-23(28)19-7-4-5-17(15-19)16-22(27)25-12-10-20(11-13-25)26-14-9-18-6-2-3-8-21(18)26/h2-9,14-15,20H,10-13,16H2,1H3,(H,24,28). The van der Waals surface area contributed by atoms with Gasteiger partial charge in [-0.3, -0.25) is 9.59 Å². The van der Waals surface area contributed by atoms with Crippen LogP contribution < -0.4 is 5.32 Å². The molecule has 28 heavy (non-hydrogen) atoms. The van der Waals surface area contributed by atoms with Gasteiger partial charge in [-0.05, 0) is 48.1 Å². The molecule has 1 fully saturated rings. The lowest BCUT2D eigenvalue weighted by Crippen LogP contribution is -2.39. The highest BCUT2D eigenvalue weighted by atomic mass is 16.2. The molecular formula is C23H25N3O2. The molecule has 1 aliphatic rings. The van der Waals surface area contributed by atoms with Crippen LogP contribution in [0.5, 0.6) is 0 Å². The van der Waals surface area contributed by atoms with Gasteiger partial charge >= 0.3 is 0 Å². The Hall–Kier alpha value is -3.08. The molecule has 144 valence electrons. The number of benzene rings is 2. The van der Waals surface area contributed by atoms with Crippen LogP contribution in [0.3, 0.4) is 0 Å². The van der Waals surface area contributed by atoms with E-state index in [4.69, 9.17) is 0 Å². The summed E-state index contributed by atoms with van der Waals surface area (Å²) in [6, 6.07) is 18.3. The van der Waals surface area contributed by atoms with Crippen LogP contribution in [0.25, 0.3) is 10.9 Å². The van der Waals surface area contributed by atoms with Gasteiger partial charge in [-0.15, -0.1) is 0 Å². The van der Waals surface area contributed by atoms with E-state index in [9.17, 15) is 9.59 Å². The zero-order valence-electron chi connectivity index (χ0n) is 16.1. The molecule has 1 aromatic heterocycles. The second kappa shape index (κ2) is 7.89. The molecule has 0 atom stereocenters. The number of nitrogens with one attached hydrogen (secondary N) is 1. The first kappa shape index (κ1) is 18.3. The van der Waals surface area contributed by atoms with E-state index >= 15 is 0 Å². The summed E-state index contributed by atoms with van der Waals surface area (Å²) in [7, 11) is 1.61. The third kappa shape index (κ3) is 3.65. The van der Waals surface area contributed by atoms with E-state index in [0.29, 0.717) is 18.0 Å². The molecule has 0 radical (unpaired) electrons. The van der Waals surface area contributed by atoms with Crippen molar-refractivity contribution in [2.24, 2.45) is 0 Å². The summed E-state index contributed by atoms with van der Waals surface area (Å²) in [6.45, 7) is 1.54. The van der Waals surface area contributed by atoms with E-state index in [1.165, 1.54) is 10.9 Å². The van der Waals surface area contributed by atoms with Crippen LogP contribution in [0, 0.1) is 0 Å². The van der Waals surface area contributed by atoms with Crippen molar-refractivity contribution in [3.05, 3.63) is 71.9 Å². The van der Waals surface area contributed by atoms with E-state index in [1.807, 2.05) is 17.0 Å². The van der Waals surface area contributed by atoms with Crippen LogP contribution >= 0.6 is 0 Å². The maximum atomic E-state index is 12.7. The van der Waals surface area contributed by atoms with Crippen molar-refractivity contribution in [2.45, 2.75) is 25.3 Å². The SMILES string of the molecule is CNC(=O)c1cccc(CC(=O)N2CCC(n3ccc4ccccc43)CC2)c1. The second-order valence-electron chi connectivity index (χ2n) is 7.35. The van der Waals surface area contributed by atoms with Crippen molar-refractivity contribution in [3.63, 3.8) is 0 Å². The fourth-order valence-corrected chi connectivity index (χ4v) is 4.07. The topological polar surface area (TPSA) is 54.3 Å². The van der Waals surface area contributed by atoms with Crippen LogP contribution in [0.15, 0.2) is 60.8 Å². The number of nitrogens with zero attached hydrogens (tertiary/aromatic N) is 2. The fourth-order valence-electron chi connectivity index (χ4n) is 4.07. The molecule has 0 saturated carbocycles. The van der Waals surface area contributed by atoms with E-state index in [1.54, 1.807) is 19.2 Å². The van der Waals surface area contributed by atoms with Crippen molar-refractivity contribution >= 4 is 22.7 Å². The molecule has 0 aliphatic carbocycles. The number of rotatable bonds is 4. The Kier molecular flexibility index (Phi) is 5.15. The molecule has 0 unspecified atom stereocenters. The van der Waals surface area contributed by atoms with Gasteiger partial charge in [-0.25, -0.2) is 0 Å². The van der Waals surface area contributed by atoms with Crippen molar-refractivity contribution in [1.82, 2.24) is 14.8 Å². The van der Waals surface area contributed by atoms with Crippen LogP contribution in [0.4, 0.5) is 0 Å².